The van der Waals surface area contributed by atoms with Crippen molar-refractivity contribution in [3.05, 3.63) is 40.6 Å². The topological polar surface area (TPSA) is 86.5 Å². The Hall–Kier alpha value is -2.08. The Morgan fingerprint density at radius 3 is 1.92 bits per heavy atom. The molecule has 0 fully saturated rings. The molecule has 6 heteroatoms. The molecule has 2 rings (SSSR count). The van der Waals surface area contributed by atoms with E-state index in [2.05, 4.69) is 0 Å². The van der Waals surface area contributed by atoms with Crippen molar-refractivity contribution in [1.29, 1.82) is 0 Å². The number of rotatable bonds is 6. The molecule has 6 nitrogen and oxygen atoms in total. The molecule has 24 heavy (non-hydrogen) atoms. The lowest BCUT2D eigenvalue weighted by Crippen LogP contribution is -2.59. The second-order valence-electron chi connectivity index (χ2n) is 6.27. The van der Waals surface area contributed by atoms with E-state index >= 15 is 0 Å². The third-order valence-corrected chi connectivity index (χ3v) is 5.76. The quantitative estimate of drug-likeness (QED) is 0.638. The van der Waals surface area contributed by atoms with Gasteiger partial charge in [0.15, 0.2) is 11.1 Å². The summed E-state index contributed by atoms with van der Waals surface area (Å²) >= 11 is 0. The lowest BCUT2D eigenvalue weighted by atomic mass is 9.70. The van der Waals surface area contributed by atoms with E-state index in [1.165, 1.54) is 24.3 Å². The first-order valence-corrected chi connectivity index (χ1v) is 8.50. The average molecular weight is 333 g/mol. The summed E-state index contributed by atoms with van der Waals surface area (Å²) in [6.45, 7) is 7.77. The predicted molar refractivity (Wildman–Crippen MR) is 90.3 cm³/mol. The SMILES string of the molecule is CCC1(CC)N([O])C(c2ccc(C(=O)O)cc2)=[N+]([O-])C1(CC)CC. The summed E-state index contributed by atoms with van der Waals surface area (Å²) in [5, 5.41) is 36.2. The molecule has 0 unspecified atom stereocenters. The summed E-state index contributed by atoms with van der Waals surface area (Å²) in [6.07, 6.45) is 2.29. The average Bonchev–Trinajstić information content (AvgIpc) is 2.78. The van der Waals surface area contributed by atoms with Crippen LogP contribution in [-0.2, 0) is 5.21 Å². The van der Waals surface area contributed by atoms with Crippen LogP contribution in [0, 0.1) is 5.21 Å². The highest BCUT2D eigenvalue weighted by atomic mass is 16.5. The standard InChI is InChI=1S/C18H25N2O4/c1-5-17(6-2)18(7-3,8-4)20(24)15(19(17)23)13-9-11-14(12-10-13)16(21)22/h9-12H,5-8H2,1-4H3,(H,21,22). The zero-order chi connectivity index (χ0) is 18.1. The van der Waals surface area contributed by atoms with Gasteiger partial charge in [-0.15, -0.1) is 0 Å². The molecule has 1 aromatic carbocycles. The van der Waals surface area contributed by atoms with Crippen molar-refractivity contribution in [3.63, 3.8) is 0 Å². The summed E-state index contributed by atoms with van der Waals surface area (Å²) in [5.74, 6) is -0.955. The largest absolute Gasteiger partial charge is 0.714 e. The zero-order valence-corrected chi connectivity index (χ0v) is 14.7. The van der Waals surface area contributed by atoms with E-state index < -0.39 is 17.0 Å². The van der Waals surface area contributed by atoms with Crippen LogP contribution in [0.1, 0.15) is 69.3 Å². The van der Waals surface area contributed by atoms with Crippen molar-refractivity contribution in [3.8, 4) is 0 Å². The van der Waals surface area contributed by atoms with E-state index in [0.717, 1.165) is 9.80 Å². The highest BCUT2D eigenvalue weighted by molar-refractivity contribution is 5.97. The third-order valence-electron chi connectivity index (χ3n) is 5.76. The van der Waals surface area contributed by atoms with Gasteiger partial charge in [0.05, 0.1) is 11.1 Å². The van der Waals surface area contributed by atoms with Crippen molar-refractivity contribution < 1.29 is 19.8 Å². The number of aromatic carboxylic acids is 1. The van der Waals surface area contributed by atoms with Gasteiger partial charge in [-0.05, 0) is 49.9 Å². The first-order valence-electron chi connectivity index (χ1n) is 8.50. The minimum atomic E-state index is -1.04. The molecule has 0 saturated heterocycles. The molecule has 1 aliphatic heterocycles. The van der Waals surface area contributed by atoms with Crippen LogP contribution in [0.25, 0.3) is 0 Å². The van der Waals surface area contributed by atoms with Crippen molar-refractivity contribution >= 4 is 11.8 Å². The van der Waals surface area contributed by atoms with Gasteiger partial charge in [-0.2, -0.15) is 0 Å². The molecule has 0 aromatic heterocycles. The van der Waals surface area contributed by atoms with Crippen LogP contribution in [0.5, 0.6) is 0 Å². The molecule has 1 aliphatic rings. The fourth-order valence-corrected chi connectivity index (χ4v) is 4.25. The van der Waals surface area contributed by atoms with Crippen molar-refractivity contribution in [2.45, 2.75) is 64.5 Å². The second-order valence-corrected chi connectivity index (χ2v) is 6.27. The minimum Gasteiger partial charge on any atom is -0.714 e. The fourth-order valence-electron chi connectivity index (χ4n) is 4.25. The lowest BCUT2D eigenvalue weighted by molar-refractivity contribution is -0.553. The van der Waals surface area contributed by atoms with Gasteiger partial charge >= 0.3 is 11.8 Å². The van der Waals surface area contributed by atoms with E-state index in [-0.39, 0.29) is 11.4 Å². The Balaban J connectivity index is 2.64. The van der Waals surface area contributed by atoms with Crippen LogP contribution < -0.4 is 0 Å². The van der Waals surface area contributed by atoms with E-state index in [4.69, 9.17) is 5.11 Å². The Bertz CT molecular complexity index is 643. The Kier molecular flexibility index (Phi) is 4.90. The number of hydrogen-bond acceptors (Lipinski definition) is 3. The van der Waals surface area contributed by atoms with E-state index in [9.17, 15) is 15.2 Å². The van der Waals surface area contributed by atoms with Crippen molar-refractivity contribution in [2.75, 3.05) is 0 Å². The number of benzene rings is 1. The molecular weight excluding hydrogens is 308 g/mol. The van der Waals surface area contributed by atoms with Gasteiger partial charge in [-0.1, -0.05) is 32.8 Å². The maximum Gasteiger partial charge on any atom is 0.335 e. The van der Waals surface area contributed by atoms with Gasteiger partial charge in [0, 0.05) is 5.21 Å². The van der Waals surface area contributed by atoms with Crippen LogP contribution in [0.2, 0.25) is 0 Å². The van der Waals surface area contributed by atoms with E-state index in [0.29, 0.717) is 31.2 Å². The molecule has 0 saturated carbocycles. The number of carboxylic acids is 1. The molecule has 0 atom stereocenters. The van der Waals surface area contributed by atoms with Crippen LogP contribution in [0.15, 0.2) is 24.3 Å². The molecular formula is C18H25N2O4. The fraction of sp³-hybridized carbons (Fsp3) is 0.556. The molecule has 131 valence electrons. The second kappa shape index (κ2) is 6.43. The summed E-state index contributed by atoms with van der Waals surface area (Å²) in [6, 6.07) is 5.91. The van der Waals surface area contributed by atoms with Crippen molar-refractivity contribution in [1.82, 2.24) is 5.06 Å². The van der Waals surface area contributed by atoms with Gasteiger partial charge < -0.3 is 10.3 Å². The van der Waals surface area contributed by atoms with E-state index in [1.54, 1.807) is 0 Å². The maximum atomic E-state index is 13.2. The third kappa shape index (κ3) is 2.20. The Morgan fingerprint density at radius 1 is 1.08 bits per heavy atom. The summed E-state index contributed by atoms with van der Waals surface area (Å²) < 4.78 is 0.878. The first-order chi connectivity index (χ1) is 11.3. The first kappa shape index (κ1) is 18.3. The highest BCUT2D eigenvalue weighted by Gasteiger charge is 2.66. The van der Waals surface area contributed by atoms with Crippen molar-refractivity contribution in [2.24, 2.45) is 0 Å². The van der Waals surface area contributed by atoms with Gasteiger partial charge in [0.1, 0.15) is 0 Å². The highest BCUT2D eigenvalue weighted by Crippen LogP contribution is 2.46. The molecule has 0 amide bonds. The number of carboxylic acid groups (broad SMARTS) is 1. The minimum absolute atomic E-state index is 0.0827. The predicted octanol–water partition coefficient (Wildman–Crippen LogP) is 3.42. The monoisotopic (exact) mass is 333 g/mol. The molecule has 0 bridgehead atoms. The summed E-state index contributed by atoms with van der Waals surface area (Å²) in [4.78, 5) is 11.0. The Morgan fingerprint density at radius 2 is 1.58 bits per heavy atom. The van der Waals surface area contributed by atoms with Gasteiger partial charge in [0.25, 0.3) is 0 Å². The summed E-state index contributed by atoms with van der Waals surface area (Å²) in [7, 11) is 0. The number of carbonyl (C=O) groups is 1. The molecule has 0 spiro atoms. The number of amidine groups is 1. The van der Waals surface area contributed by atoms with Crippen LogP contribution >= 0.6 is 0 Å². The molecule has 1 heterocycles. The number of hydrogen-bond donors (Lipinski definition) is 1. The van der Waals surface area contributed by atoms with Gasteiger partial charge in [0.2, 0.25) is 0 Å². The zero-order valence-electron chi connectivity index (χ0n) is 14.7. The Labute approximate surface area is 142 Å². The van der Waals surface area contributed by atoms with Crippen LogP contribution in [0.3, 0.4) is 0 Å². The smallest absolute Gasteiger partial charge is 0.335 e. The molecule has 1 aromatic rings. The van der Waals surface area contributed by atoms with Crippen LogP contribution in [-0.4, -0.2) is 37.8 Å². The van der Waals surface area contributed by atoms with Gasteiger partial charge in [-0.25, -0.2) is 4.79 Å². The van der Waals surface area contributed by atoms with Gasteiger partial charge in [-0.3, -0.25) is 4.74 Å². The molecule has 1 N–H and O–H groups in total. The normalized spacial score (nSPS) is 19.0. The number of hydroxylamine groups is 3. The van der Waals surface area contributed by atoms with E-state index in [1.807, 2.05) is 27.7 Å². The lowest BCUT2D eigenvalue weighted by Gasteiger charge is -2.41. The summed E-state index contributed by atoms with van der Waals surface area (Å²) in [5.41, 5.74) is -0.972. The number of nitrogens with zero attached hydrogens (tertiary/aromatic N) is 2. The van der Waals surface area contributed by atoms with Crippen LogP contribution in [0.4, 0.5) is 0 Å². The maximum absolute atomic E-state index is 13.2. The molecule has 1 radical (unpaired) electrons. The molecule has 0 aliphatic carbocycles.